The molecule has 0 aromatic carbocycles. The summed E-state index contributed by atoms with van der Waals surface area (Å²) < 4.78 is 0. The van der Waals surface area contributed by atoms with Crippen molar-refractivity contribution in [1.82, 2.24) is 10.2 Å². The molecule has 21 heavy (non-hydrogen) atoms. The fraction of sp³-hybridized carbons (Fsp3) is 1.00. The summed E-state index contributed by atoms with van der Waals surface area (Å²) in [6.07, 6.45) is 10.7. The van der Waals surface area contributed by atoms with Crippen LogP contribution in [0.3, 0.4) is 0 Å². The van der Waals surface area contributed by atoms with Crippen molar-refractivity contribution >= 4 is 0 Å². The quantitative estimate of drug-likeness (QED) is 0.852. The highest BCUT2D eigenvalue weighted by molar-refractivity contribution is 5.07. The highest BCUT2D eigenvalue weighted by atomic mass is 15.2. The van der Waals surface area contributed by atoms with Crippen molar-refractivity contribution in [3.63, 3.8) is 0 Å². The summed E-state index contributed by atoms with van der Waals surface area (Å²) in [6.45, 7) is 7.49. The Morgan fingerprint density at radius 1 is 1.00 bits per heavy atom. The summed E-state index contributed by atoms with van der Waals surface area (Å²) in [5.74, 6) is 4.11. The molecule has 1 heterocycles. The van der Waals surface area contributed by atoms with E-state index in [4.69, 9.17) is 0 Å². The van der Waals surface area contributed by atoms with Crippen LogP contribution in [-0.2, 0) is 0 Å². The molecule has 2 heteroatoms. The number of nitrogens with one attached hydrogen (secondary N) is 1. The standard InChI is InChI=1S/C19H34N2/c1-13-4-14(2)21(11-13)12-18(20-3)19-8-15-5-16(9-19)7-17(6-15)10-19/h13-18,20H,4-12H2,1-3H3. The molecule has 1 N–H and O–H groups in total. The summed E-state index contributed by atoms with van der Waals surface area (Å²) >= 11 is 0. The monoisotopic (exact) mass is 290 g/mol. The van der Waals surface area contributed by atoms with Gasteiger partial charge in [0.05, 0.1) is 0 Å². The lowest BCUT2D eigenvalue weighted by Gasteiger charge is -2.60. The Hall–Kier alpha value is -0.0800. The molecule has 0 aromatic heterocycles. The largest absolute Gasteiger partial charge is 0.315 e. The summed E-state index contributed by atoms with van der Waals surface area (Å²) in [6, 6.07) is 1.53. The average Bonchev–Trinajstić information content (AvgIpc) is 2.72. The lowest BCUT2D eigenvalue weighted by Crippen LogP contribution is -2.58. The smallest absolute Gasteiger partial charge is 0.0248 e. The molecular weight excluding hydrogens is 256 g/mol. The Kier molecular flexibility index (Phi) is 3.61. The summed E-state index contributed by atoms with van der Waals surface area (Å²) in [5, 5.41) is 3.78. The topological polar surface area (TPSA) is 15.3 Å². The Labute approximate surface area is 131 Å². The van der Waals surface area contributed by atoms with Crippen LogP contribution in [0.15, 0.2) is 0 Å². The predicted molar refractivity (Wildman–Crippen MR) is 88.3 cm³/mol. The Bertz CT molecular complexity index is 356. The minimum Gasteiger partial charge on any atom is -0.315 e. The van der Waals surface area contributed by atoms with E-state index in [2.05, 4.69) is 31.1 Å². The number of rotatable bonds is 4. The lowest BCUT2D eigenvalue weighted by molar-refractivity contribution is -0.0778. The first-order valence-electron chi connectivity index (χ1n) is 9.49. The van der Waals surface area contributed by atoms with Crippen LogP contribution in [0.1, 0.15) is 58.8 Å². The van der Waals surface area contributed by atoms with E-state index in [0.717, 1.165) is 35.8 Å². The number of nitrogens with zero attached hydrogens (tertiary/aromatic N) is 1. The minimum atomic E-state index is 0.648. The van der Waals surface area contributed by atoms with Crippen molar-refractivity contribution in [2.75, 3.05) is 20.1 Å². The van der Waals surface area contributed by atoms with Gasteiger partial charge in [-0.2, -0.15) is 0 Å². The zero-order chi connectivity index (χ0) is 14.6. The van der Waals surface area contributed by atoms with Crippen molar-refractivity contribution < 1.29 is 0 Å². The molecule has 5 aliphatic rings. The molecule has 1 aliphatic heterocycles. The summed E-state index contributed by atoms with van der Waals surface area (Å²) in [4.78, 5) is 2.78. The van der Waals surface area contributed by atoms with Crippen LogP contribution in [0.2, 0.25) is 0 Å². The third-order valence-corrected chi connectivity index (χ3v) is 7.50. The van der Waals surface area contributed by atoms with Gasteiger partial charge in [0.25, 0.3) is 0 Å². The van der Waals surface area contributed by atoms with Gasteiger partial charge >= 0.3 is 0 Å². The summed E-state index contributed by atoms with van der Waals surface area (Å²) in [7, 11) is 2.23. The zero-order valence-corrected chi connectivity index (χ0v) is 14.3. The van der Waals surface area contributed by atoms with Crippen LogP contribution in [0, 0.1) is 29.1 Å². The maximum atomic E-state index is 3.78. The van der Waals surface area contributed by atoms with Crippen LogP contribution in [0.5, 0.6) is 0 Å². The second-order valence-electron chi connectivity index (χ2n) is 9.26. The number of hydrogen-bond acceptors (Lipinski definition) is 2. The van der Waals surface area contributed by atoms with Crippen LogP contribution in [-0.4, -0.2) is 37.1 Å². The first-order valence-corrected chi connectivity index (χ1v) is 9.49. The van der Waals surface area contributed by atoms with Gasteiger partial charge in [0, 0.05) is 25.2 Å². The SMILES string of the molecule is CNC(CN1CC(C)CC1C)C12CC3CC(CC(C3)C1)C2. The Morgan fingerprint density at radius 2 is 1.57 bits per heavy atom. The molecule has 5 fully saturated rings. The van der Waals surface area contributed by atoms with Crippen molar-refractivity contribution in [1.29, 1.82) is 0 Å². The average molecular weight is 290 g/mol. The van der Waals surface area contributed by atoms with Crippen LogP contribution in [0.25, 0.3) is 0 Å². The number of likely N-dealkylation sites (N-methyl/N-ethyl adjacent to an activating group) is 1. The minimum absolute atomic E-state index is 0.648. The van der Waals surface area contributed by atoms with Crippen LogP contribution < -0.4 is 5.32 Å². The maximum absolute atomic E-state index is 3.78. The van der Waals surface area contributed by atoms with E-state index < -0.39 is 0 Å². The van der Waals surface area contributed by atoms with Gasteiger partial charge in [-0.05, 0) is 88.0 Å². The van der Waals surface area contributed by atoms with Crippen molar-refractivity contribution in [2.24, 2.45) is 29.1 Å². The van der Waals surface area contributed by atoms with Gasteiger partial charge in [0.1, 0.15) is 0 Å². The molecular formula is C19H34N2. The third kappa shape index (κ3) is 2.47. The fourth-order valence-electron chi connectivity index (χ4n) is 7.07. The van der Waals surface area contributed by atoms with E-state index in [0.29, 0.717) is 5.41 Å². The molecule has 2 nitrogen and oxygen atoms in total. The van der Waals surface area contributed by atoms with Gasteiger partial charge in [-0.1, -0.05) is 6.92 Å². The molecule has 3 unspecified atom stereocenters. The number of likely N-dealkylation sites (tertiary alicyclic amines) is 1. The van der Waals surface area contributed by atoms with Gasteiger partial charge in [-0.25, -0.2) is 0 Å². The van der Waals surface area contributed by atoms with Gasteiger partial charge < -0.3 is 5.32 Å². The molecule has 4 saturated carbocycles. The normalized spacial score (nSPS) is 50.7. The van der Waals surface area contributed by atoms with Crippen LogP contribution in [0.4, 0.5) is 0 Å². The van der Waals surface area contributed by atoms with E-state index in [-0.39, 0.29) is 0 Å². The Morgan fingerprint density at radius 3 is 2.00 bits per heavy atom. The highest BCUT2D eigenvalue weighted by Gasteiger charge is 2.54. The fourth-order valence-corrected chi connectivity index (χ4v) is 7.07. The molecule has 0 radical (unpaired) electrons. The van der Waals surface area contributed by atoms with Crippen molar-refractivity contribution in [3.05, 3.63) is 0 Å². The third-order valence-electron chi connectivity index (χ3n) is 7.50. The molecule has 4 bridgehead atoms. The molecule has 0 aromatic rings. The van der Waals surface area contributed by atoms with Gasteiger partial charge in [0.2, 0.25) is 0 Å². The Balaban J connectivity index is 1.50. The molecule has 4 aliphatic carbocycles. The molecule has 5 rings (SSSR count). The van der Waals surface area contributed by atoms with E-state index in [1.54, 1.807) is 19.3 Å². The molecule has 0 spiro atoms. The molecule has 120 valence electrons. The predicted octanol–water partition coefficient (Wildman–Crippen LogP) is 3.52. The van der Waals surface area contributed by atoms with E-state index in [9.17, 15) is 0 Å². The summed E-state index contributed by atoms with van der Waals surface area (Å²) in [5.41, 5.74) is 0.648. The lowest BCUT2D eigenvalue weighted by atomic mass is 9.47. The van der Waals surface area contributed by atoms with E-state index in [1.807, 2.05) is 0 Å². The second-order valence-corrected chi connectivity index (χ2v) is 9.26. The first-order chi connectivity index (χ1) is 10.1. The van der Waals surface area contributed by atoms with Crippen molar-refractivity contribution in [3.8, 4) is 0 Å². The number of hydrogen-bond donors (Lipinski definition) is 1. The van der Waals surface area contributed by atoms with Gasteiger partial charge in [0.15, 0.2) is 0 Å². The van der Waals surface area contributed by atoms with Gasteiger partial charge in [-0.3, -0.25) is 4.90 Å². The molecule has 1 saturated heterocycles. The van der Waals surface area contributed by atoms with E-state index in [1.165, 1.54) is 38.8 Å². The zero-order valence-electron chi connectivity index (χ0n) is 14.3. The highest BCUT2D eigenvalue weighted by Crippen LogP contribution is 2.61. The molecule has 0 amide bonds. The maximum Gasteiger partial charge on any atom is 0.0248 e. The van der Waals surface area contributed by atoms with E-state index >= 15 is 0 Å². The second kappa shape index (κ2) is 5.23. The van der Waals surface area contributed by atoms with Gasteiger partial charge in [-0.15, -0.1) is 0 Å². The van der Waals surface area contributed by atoms with Crippen LogP contribution >= 0.6 is 0 Å². The first kappa shape index (κ1) is 14.5. The van der Waals surface area contributed by atoms with Crippen molar-refractivity contribution in [2.45, 2.75) is 70.9 Å². The molecule has 3 atom stereocenters.